The Labute approximate surface area is 282 Å². The van der Waals surface area contributed by atoms with Gasteiger partial charge in [-0.15, -0.1) is 0 Å². The van der Waals surface area contributed by atoms with Crippen LogP contribution >= 0.6 is 0 Å². The molecule has 0 aromatic heterocycles. The Morgan fingerprint density at radius 1 is 0.312 bits per heavy atom. The van der Waals surface area contributed by atoms with Gasteiger partial charge in [0.25, 0.3) is 0 Å². The van der Waals surface area contributed by atoms with Crippen LogP contribution in [0.2, 0.25) is 0 Å². The summed E-state index contributed by atoms with van der Waals surface area (Å²) in [5.74, 6) is 0. The minimum Gasteiger partial charge on any atom is -0.310 e. The second-order valence-corrected chi connectivity index (χ2v) is 12.3. The third-order valence-electron chi connectivity index (χ3n) is 9.27. The highest BCUT2D eigenvalue weighted by atomic mass is 15.1. The van der Waals surface area contributed by atoms with Crippen LogP contribution in [0, 0.1) is 13.8 Å². The maximum Gasteiger partial charge on any atom is 0.0540 e. The van der Waals surface area contributed by atoms with Gasteiger partial charge in [-0.25, -0.2) is 0 Å². The van der Waals surface area contributed by atoms with Gasteiger partial charge in [0, 0.05) is 33.5 Å². The first-order valence-electron chi connectivity index (χ1n) is 16.5. The summed E-state index contributed by atoms with van der Waals surface area (Å²) in [6, 6.07) is 65.4. The Hall–Kier alpha value is -6.12. The molecule has 0 aliphatic rings. The summed E-state index contributed by atoms with van der Waals surface area (Å²) in [5.41, 5.74) is 11.8. The van der Waals surface area contributed by atoms with Gasteiger partial charge in [-0.2, -0.15) is 0 Å². The average Bonchev–Trinajstić information content (AvgIpc) is 3.13. The van der Waals surface area contributed by atoms with Crippen LogP contribution in [0.3, 0.4) is 0 Å². The van der Waals surface area contributed by atoms with Crippen LogP contribution in [0.25, 0.3) is 32.7 Å². The molecule has 0 heterocycles. The SMILES string of the molecule is Cc1cc(N(c2ccccc2)c2cccc3ccccc23)ccc1-c1ccc(N(c2ccccc2)c2cccc3ccccc23)cc1C. The summed E-state index contributed by atoms with van der Waals surface area (Å²) in [6.07, 6.45) is 0. The first kappa shape index (κ1) is 29.3. The topological polar surface area (TPSA) is 6.48 Å². The van der Waals surface area contributed by atoms with Crippen molar-refractivity contribution in [2.75, 3.05) is 9.80 Å². The summed E-state index contributed by atoms with van der Waals surface area (Å²) in [4.78, 5) is 4.74. The van der Waals surface area contributed by atoms with E-state index in [4.69, 9.17) is 0 Å². The average molecular weight is 617 g/mol. The third kappa shape index (κ3) is 5.38. The molecule has 0 unspecified atom stereocenters. The Bertz CT molecular complexity index is 2200. The second kappa shape index (κ2) is 12.6. The van der Waals surface area contributed by atoms with Gasteiger partial charge in [0.15, 0.2) is 0 Å². The van der Waals surface area contributed by atoms with Crippen molar-refractivity contribution in [1.82, 2.24) is 0 Å². The van der Waals surface area contributed by atoms with Crippen molar-refractivity contribution in [1.29, 1.82) is 0 Å². The number of hydrogen-bond donors (Lipinski definition) is 0. The Morgan fingerprint density at radius 2 is 0.688 bits per heavy atom. The number of aryl methyl sites for hydroxylation is 2. The number of nitrogens with zero attached hydrogens (tertiary/aromatic N) is 2. The first-order valence-corrected chi connectivity index (χ1v) is 16.5. The van der Waals surface area contributed by atoms with E-state index in [1.165, 1.54) is 55.2 Å². The Balaban J connectivity index is 1.21. The van der Waals surface area contributed by atoms with E-state index in [9.17, 15) is 0 Å². The molecular weight excluding hydrogens is 581 g/mol. The molecule has 8 rings (SSSR count). The van der Waals surface area contributed by atoms with Gasteiger partial charge >= 0.3 is 0 Å². The fourth-order valence-corrected chi connectivity index (χ4v) is 6.99. The molecule has 0 radical (unpaired) electrons. The van der Waals surface area contributed by atoms with E-state index in [-0.39, 0.29) is 0 Å². The van der Waals surface area contributed by atoms with E-state index in [2.05, 4.69) is 206 Å². The van der Waals surface area contributed by atoms with E-state index in [1.807, 2.05) is 0 Å². The summed E-state index contributed by atoms with van der Waals surface area (Å²) in [7, 11) is 0. The van der Waals surface area contributed by atoms with Crippen molar-refractivity contribution in [3.8, 4) is 11.1 Å². The molecule has 0 fully saturated rings. The highest BCUT2D eigenvalue weighted by Gasteiger charge is 2.19. The molecule has 0 aliphatic carbocycles. The lowest BCUT2D eigenvalue weighted by atomic mass is 9.95. The third-order valence-corrected chi connectivity index (χ3v) is 9.27. The fraction of sp³-hybridized carbons (Fsp3) is 0.0435. The second-order valence-electron chi connectivity index (χ2n) is 12.3. The zero-order valence-electron chi connectivity index (χ0n) is 27.2. The standard InChI is InChI=1S/C46H36N2/c1-33-31-39(47(37-19-5-3-6-20-37)45-25-13-17-35-15-9-11-23-43(35)45)27-29-41(33)42-30-28-40(32-34(42)2)48(38-21-7-4-8-22-38)46-26-14-18-36-16-10-12-24-44(36)46/h3-32H,1-2H3. The number of fused-ring (bicyclic) bond motifs is 2. The zero-order valence-corrected chi connectivity index (χ0v) is 27.2. The molecule has 48 heavy (non-hydrogen) atoms. The van der Waals surface area contributed by atoms with Crippen LogP contribution in [-0.2, 0) is 0 Å². The molecule has 8 aromatic carbocycles. The molecule has 0 bridgehead atoms. The Morgan fingerprint density at radius 3 is 1.10 bits per heavy atom. The van der Waals surface area contributed by atoms with Crippen LogP contribution in [0.5, 0.6) is 0 Å². The lowest BCUT2D eigenvalue weighted by Crippen LogP contribution is -2.11. The number of benzene rings is 8. The molecule has 8 aromatic rings. The van der Waals surface area contributed by atoms with Gasteiger partial charge in [-0.1, -0.05) is 121 Å². The van der Waals surface area contributed by atoms with E-state index >= 15 is 0 Å². The molecule has 0 amide bonds. The summed E-state index contributed by atoms with van der Waals surface area (Å²) < 4.78 is 0. The van der Waals surface area contributed by atoms with Crippen LogP contribution in [0.1, 0.15) is 11.1 Å². The quantitative estimate of drug-likeness (QED) is 0.176. The normalized spacial score (nSPS) is 11.1. The molecule has 0 aliphatic heterocycles. The molecule has 2 heteroatoms. The molecule has 0 saturated heterocycles. The smallest absolute Gasteiger partial charge is 0.0540 e. The van der Waals surface area contributed by atoms with Gasteiger partial charge in [-0.3, -0.25) is 0 Å². The van der Waals surface area contributed by atoms with Crippen molar-refractivity contribution in [2.45, 2.75) is 13.8 Å². The zero-order chi connectivity index (χ0) is 32.5. The van der Waals surface area contributed by atoms with Crippen LogP contribution < -0.4 is 9.80 Å². The van der Waals surface area contributed by atoms with Crippen LogP contribution in [0.15, 0.2) is 182 Å². The minimum atomic E-state index is 1.14. The predicted octanol–water partition coefficient (Wildman–Crippen LogP) is 13.2. The van der Waals surface area contributed by atoms with Gasteiger partial charge in [0.1, 0.15) is 0 Å². The van der Waals surface area contributed by atoms with Crippen molar-refractivity contribution in [3.05, 3.63) is 193 Å². The molecule has 0 N–H and O–H groups in total. The predicted molar refractivity (Wildman–Crippen MR) is 206 cm³/mol. The molecule has 0 spiro atoms. The van der Waals surface area contributed by atoms with Crippen molar-refractivity contribution >= 4 is 55.7 Å². The van der Waals surface area contributed by atoms with Gasteiger partial charge in [0.2, 0.25) is 0 Å². The molecular formula is C46H36N2. The van der Waals surface area contributed by atoms with E-state index in [0.29, 0.717) is 0 Å². The fourth-order valence-electron chi connectivity index (χ4n) is 6.99. The van der Waals surface area contributed by atoms with Crippen molar-refractivity contribution in [2.24, 2.45) is 0 Å². The summed E-state index contributed by atoms with van der Waals surface area (Å²) >= 11 is 0. The largest absolute Gasteiger partial charge is 0.310 e. The van der Waals surface area contributed by atoms with Crippen molar-refractivity contribution in [3.63, 3.8) is 0 Å². The first-order chi connectivity index (χ1) is 23.7. The maximum atomic E-state index is 2.37. The van der Waals surface area contributed by atoms with Gasteiger partial charge in [-0.05, 0) is 108 Å². The highest BCUT2D eigenvalue weighted by molar-refractivity contribution is 6.00. The molecule has 0 saturated carbocycles. The maximum absolute atomic E-state index is 2.37. The lowest BCUT2D eigenvalue weighted by molar-refractivity contribution is 1.27. The lowest BCUT2D eigenvalue weighted by Gasteiger charge is -2.28. The van der Waals surface area contributed by atoms with Crippen LogP contribution in [0.4, 0.5) is 34.1 Å². The van der Waals surface area contributed by atoms with E-state index in [1.54, 1.807) is 0 Å². The number of para-hydroxylation sites is 2. The van der Waals surface area contributed by atoms with E-state index < -0.39 is 0 Å². The van der Waals surface area contributed by atoms with E-state index in [0.717, 1.165) is 22.7 Å². The molecule has 2 nitrogen and oxygen atoms in total. The number of anilines is 6. The number of rotatable bonds is 7. The Kier molecular flexibility index (Phi) is 7.68. The monoisotopic (exact) mass is 616 g/mol. The molecule has 230 valence electrons. The molecule has 0 atom stereocenters. The summed E-state index contributed by atoms with van der Waals surface area (Å²) in [5, 5.41) is 4.92. The van der Waals surface area contributed by atoms with Gasteiger partial charge in [0.05, 0.1) is 11.4 Å². The van der Waals surface area contributed by atoms with Gasteiger partial charge < -0.3 is 9.80 Å². The summed E-state index contributed by atoms with van der Waals surface area (Å²) in [6.45, 7) is 4.45. The minimum absolute atomic E-state index is 1.14. The number of hydrogen-bond acceptors (Lipinski definition) is 2. The van der Waals surface area contributed by atoms with Crippen LogP contribution in [-0.4, -0.2) is 0 Å². The highest BCUT2D eigenvalue weighted by Crippen LogP contribution is 2.43. The van der Waals surface area contributed by atoms with Crippen molar-refractivity contribution < 1.29 is 0 Å².